The Balaban J connectivity index is 0.955. The molecule has 18 nitrogen and oxygen atoms in total. The molecule has 4 aromatic carbocycles. The minimum absolute atomic E-state index is 0.106. The van der Waals surface area contributed by atoms with Gasteiger partial charge in [-0.2, -0.15) is 0 Å². The number of likely N-dealkylation sites (tertiary alicyclic amines) is 2. The van der Waals surface area contributed by atoms with E-state index >= 15 is 0 Å². The zero-order valence-electron chi connectivity index (χ0n) is 53.9. The Morgan fingerprint density at radius 3 is 1.22 bits per heavy atom. The standard InChI is InChI=1S/C68H96N6O12S4/c1-7-9-11-13-15-17-29-63(75)83-45-35-51-31-41-71(42-32-51)37-23-39-73-55-25-19-21-27-59(55)87-61-49-53(89(79,80)69(3)4)47-57(65(61)73)85-67(77)68(78)86-58-48-54(90(81,82)70(5)6)50-62-66(58)74(56-26-20-22-28-60(56)88-62)40-24-38-72-43-33-52(34-44-72)36-46-84-64(76)30-18-16-14-12-10-8-2/h19-22,25-28,47-52H,7-18,23-24,29-46H2,1-6H3. The number of nitrogens with zero attached hydrogens (tertiary/aromatic N) is 6. The van der Waals surface area contributed by atoms with Crippen molar-refractivity contribution in [2.75, 3.05) is 104 Å². The van der Waals surface area contributed by atoms with Gasteiger partial charge in [-0.3, -0.25) is 9.59 Å². The maximum absolute atomic E-state index is 14.6. The molecule has 4 aliphatic heterocycles. The first-order valence-corrected chi connectivity index (χ1v) is 37.4. The summed E-state index contributed by atoms with van der Waals surface area (Å²) < 4.78 is 81.4. The number of carbonyl (C=O) groups is 4. The fourth-order valence-corrected chi connectivity index (χ4v) is 16.6. The molecule has 0 N–H and O–H groups in total. The van der Waals surface area contributed by atoms with Gasteiger partial charge in [0.15, 0.2) is 11.5 Å². The van der Waals surface area contributed by atoms with E-state index < -0.39 is 32.0 Å². The highest BCUT2D eigenvalue weighted by atomic mass is 32.2. The maximum Gasteiger partial charge on any atom is 0.423 e. The molecular weight excluding hydrogens is 1220 g/mol. The van der Waals surface area contributed by atoms with Crippen molar-refractivity contribution in [3.05, 3.63) is 72.8 Å². The summed E-state index contributed by atoms with van der Waals surface area (Å²) in [5.41, 5.74) is 2.48. The van der Waals surface area contributed by atoms with Crippen LogP contribution in [0.5, 0.6) is 11.5 Å². The molecule has 2 saturated heterocycles. The van der Waals surface area contributed by atoms with Gasteiger partial charge in [-0.05, 0) is 152 Å². The van der Waals surface area contributed by atoms with Crippen molar-refractivity contribution >= 4 is 90.2 Å². The number of hydrogen-bond donors (Lipinski definition) is 0. The highest BCUT2D eigenvalue weighted by molar-refractivity contribution is 8.00. The van der Waals surface area contributed by atoms with Crippen molar-refractivity contribution in [1.29, 1.82) is 0 Å². The van der Waals surface area contributed by atoms with Crippen LogP contribution in [0.1, 0.15) is 155 Å². The van der Waals surface area contributed by atoms with Gasteiger partial charge in [-0.1, -0.05) is 126 Å². The Labute approximate surface area is 544 Å². The number of sulfonamides is 2. The van der Waals surface area contributed by atoms with Crippen molar-refractivity contribution in [3.63, 3.8) is 0 Å². The molecule has 4 heterocycles. The number of piperidine rings is 2. The molecule has 0 unspecified atom stereocenters. The largest absolute Gasteiger partial charge is 0.466 e. The lowest BCUT2D eigenvalue weighted by molar-refractivity contribution is -0.156. The molecule has 0 amide bonds. The molecule has 4 aromatic rings. The molecule has 4 aliphatic rings. The summed E-state index contributed by atoms with van der Waals surface area (Å²) in [5.74, 6) is -2.47. The lowest BCUT2D eigenvalue weighted by Crippen LogP contribution is -2.36. The lowest BCUT2D eigenvalue weighted by atomic mass is 9.94. The molecule has 0 aromatic heterocycles. The number of para-hydroxylation sites is 2. The molecule has 0 atom stereocenters. The molecule has 90 heavy (non-hydrogen) atoms. The first kappa shape index (κ1) is 70.7. The molecule has 2 fully saturated rings. The van der Waals surface area contributed by atoms with Crippen LogP contribution in [-0.4, -0.2) is 153 Å². The monoisotopic (exact) mass is 1320 g/mol. The predicted octanol–water partition coefficient (Wildman–Crippen LogP) is 13.5. The number of esters is 4. The van der Waals surface area contributed by atoms with Crippen LogP contribution in [0, 0.1) is 11.8 Å². The maximum atomic E-state index is 14.6. The summed E-state index contributed by atoms with van der Waals surface area (Å²) in [4.78, 5) is 65.3. The van der Waals surface area contributed by atoms with Gasteiger partial charge in [0.1, 0.15) is 0 Å². The van der Waals surface area contributed by atoms with Crippen LogP contribution in [0.2, 0.25) is 0 Å². The zero-order valence-corrected chi connectivity index (χ0v) is 57.2. The Bertz CT molecular complexity index is 3060. The van der Waals surface area contributed by atoms with Crippen LogP contribution < -0.4 is 19.3 Å². The molecule has 0 aliphatic carbocycles. The Morgan fingerprint density at radius 2 is 0.844 bits per heavy atom. The van der Waals surface area contributed by atoms with Gasteiger partial charge < -0.3 is 38.5 Å². The quantitative estimate of drug-likeness (QED) is 0.0185. The molecule has 0 spiro atoms. The number of unbranched alkanes of at least 4 members (excludes halogenated alkanes) is 10. The molecule has 0 saturated carbocycles. The molecule has 22 heteroatoms. The van der Waals surface area contributed by atoms with E-state index in [9.17, 15) is 36.0 Å². The van der Waals surface area contributed by atoms with Crippen LogP contribution in [0.3, 0.4) is 0 Å². The Morgan fingerprint density at radius 1 is 0.478 bits per heavy atom. The van der Waals surface area contributed by atoms with Gasteiger partial charge in [-0.15, -0.1) is 0 Å². The van der Waals surface area contributed by atoms with Crippen molar-refractivity contribution < 1.29 is 55.0 Å². The van der Waals surface area contributed by atoms with Gasteiger partial charge in [0, 0.05) is 85.8 Å². The van der Waals surface area contributed by atoms with E-state index in [0.717, 1.165) is 146 Å². The topological polar surface area (TPSA) is 193 Å². The molecule has 0 radical (unpaired) electrons. The Kier molecular flexibility index (Phi) is 27.2. The van der Waals surface area contributed by atoms with Crippen LogP contribution in [0.15, 0.2) is 102 Å². The van der Waals surface area contributed by atoms with Crippen molar-refractivity contribution in [3.8, 4) is 11.5 Å². The lowest BCUT2D eigenvalue weighted by Gasteiger charge is -2.36. The normalized spacial score (nSPS) is 15.7. The zero-order chi connectivity index (χ0) is 64.2. The van der Waals surface area contributed by atoms with Gasteiger partial charge >= 0.3 is 23.9 Å². The summed E-state index contributed by atoms with van der Waals surface area (Å²) in [6.07, 6.45) is 21.5. The van der Waals surface area contributed by atoms with E-state index in [1.54, 1.807) is 12.1 Å². The number of benzene rings is 4. The van der Waals surface area contributed by atoms with E-state index in [0.29, 0.717) is 85.0 Å². The number of rotatable bonds is 34. The van der Waals surface area contributed by atoms with E-state index in [2.05, 4.69) is 23.6 Å². The van der Waals surface area contributed by atoms with E-state index in [1.807, 2.05) is 58.3 Å². The fraction of sp³-hybridized carbons (Fsp3) is 0.588. The highest BCUT2D eigenvalue weighted by Gasteiger charge is 2.36. The first-order chi connectivity index (χ1) is 43.4. The number of ether oxygens (including phenoxy) is 4. The van der Waals surface area contributed by atoms with Crippen LogP contribution >= 0.6 is 23.5 Å². The minimum Gasteiger partial charge on any atom is -0.466 e. The van der Waals surface area contributed by atoms with Gasteiger partial charge in [0.2, 0.25) is 20.0 Å². The predicted molar refractivity (Wildman–Crippen MR) is 356 cm³/mol. The SMILES string of the molecule is CCCCCCCCC(=O)OCCC1CCN(CCCN2c3ccccc3Sc3cc(S(=O)(=O)N(C)C)cc(OC(=O)C(=O)Oc4cc(S(=O)(=O)N(C)C)cc5c4N(CCCN4CCC(CCOC(=O)CCCCCCCC)CC4)c4ccccc4S5)c32)CC1. The second kappa shape index (κ2) is 34.6. The number of hydrogen-bond acceptors (Lipinski definition) is 18. The second-order valence-electron chi connectivity index (χ2n) is 24.7. The Hall–Kier alpha value is -5.20. The molecule has 494 valence electrons. The molecular formula is C68H96N6O12S4. The van der Waals surface area contributed by atoms with E-state index in [1.165, 1.54) is 102 Å². The number of carbonyl (C=O) groups excluding carboxylic acids is 4. The van der Waals surface area contributed by atoms with Crippen molar-refractivity contribution in [2.45, 2.75) is 184 Å². The smallest absolute Gasteiger partial charge is 0.423 e. The van der Waals surface area contributed by atoms with Crippen LogP contribution in [0.25, 0.3) is 0 Å². The van der Waals surface area contributed by atoms with Crippen molar-refractivity contribution in [2.24, 2.45) is 11.8 Å². The van der Waals surface area contributed by atoms with E-state index in [-0.39, 0.29) is 33.2 Å². The van der Waals surface area contributed by atoms with Gasteiger partial charge in [0.05, 0.1) is 45.8 Å². The average Bonchev–Trinajstić information content (AvgIpc) is 0.815. The summed E-state index contributed by atoms with van der Waals surface area (Å²) in [6, 6.07) is 21.2. The molecule has 8 rings (SSSR count). The van der Waals surface area contributed by atoms with Crippen LogP contribution in [0.4, 0.5) is 22.7 Å². The van der Waals surface area contributed by atoms with Gasteiger partial charge in [0.25, 0.3) is 0 Å². The summed E-state index contributed by atoms with van der Waals surface area (Å²) in [6.45, 7) is 11.3. The fourth-order valence-electron chi connectivity index (χ4n) is 12.3. The minimum atomic E-state index is -4.11. The van der Waals surface area contributed by atoms with Gasteiger partial charge in [-0.25, -0.2) is 35.0 Å². The summed E-state index contributed by atoms with van der Waals surface area (Å²) in [5, 5.41) is 0. The number of anilines is 4. The third kappa shape index (κ3) is 19.4. The number of fused-ring (bicyclic) bond motifs is 4. The van der Waals surface area contributed by atoms with Crippen LogP contribution in [-0.2, 0) is 48.7 Å². The highest BCUT2D eigenvalue weighted by Crippen LogP contribution is 2.55. The van der Waals surface area contributed by atoms with E-state index in [4.69, 9.17) is 18.9 Å². The third-order valence-corrected chi connectivity index (χ3v) is 23.4. The molecule has 0 bridgehead atoms. The second-order valence-corrected chi connectivity index (χ2v) is 31.1. The average molecular weight is 1320 g/mol. The summed E-state index contributed by atoms with van der Waals surface area (Å²) >= 11 is 2.67. The third-order valence-electron chi connectivity index (χ3n) is 17.6. The van der Waals surface area contributed by atoms with Crippen molar-refractivity contribution in [1.82, 2.24) is 18.4 Å². The first-order valence-electron chi connectivity index (χ1n) is 32.9. The summed E-state index contributed by atoms with van der Waals surface area (Å²) in [7, 11) is -2.55.